The Hall–Kier alpha value is -3.55. The van der Waals surface area contributed by atoms with Gasteiger partial charge in [-0.15, -0.1) is 0 Å². The monoisotopic (exact) mass is 507 g/mol. The van der Waals surface area contributed by atoms with E-state index in [-0.39, 0.29) is 5.82 Å². The van der Waals surface area contributed by atoms with Gasteiger partial charge >= 0.3 is 0 Å². The predicted octanol–water partition coefficient (Wildman–Crippen LogP) is 6.35. The molecule has 1 N–H and O–H groups in total. The lowest BCUT2D eigenvalue weighted by Crippen LogP contribution is -2.32. The summed E-state index contributed by atoms with van der Waals surface area (Å²) in [4.78, 5) is 6.43. The van der Waals surface area contributed by atoms with Crippen LogP contribution in [0.25, 0.3) is 5.70 Å². The number of benzene rings is 3. The standard InChI is InChI=1S/C26H20Cl2FN5O/c1-33(2)17-7-3-14(4-8-17)25-22-23(19-12-16(29)6-10-21(19)35-25)32-26-30-13-31-34(26)24(22)18-9-5-15(27)11-20(18)28/h3-13,24-25H,1-2H3,(H,30,31,32). The number of hydrogen-bond acceptors (Lipinski definition) is 5. The number of halogens is 3. The first kappa shape index (κ1) is 21.9. The Morgan fingerprint density at radius 1 is 1.03 bits per heavy atom. The van der Waals surface area contributed by atoms with Crippen molar-refractivity contribution in [3.63, 3.8) is 0 Å². The third-order valence-corrected chi connectivity index (χ3v) is 6.91. The summed E-state index contributed by atoms with van der Waals surface area (Å²) in [6.45, 7) is 0. The molecule has 2 aliphatic rings. The van der Waals surface area contributed by atoms with Crippen LogP contribution in [-0.2, 0) is 0 Å². The Labute approximate surface area is 211 Å². The van der Waals surface area contributed by atoms with Crippen LogP contribution in [0.3, 0.4) is 0 Å². The van der Waals surface area contributed by atoms with E-state index in [1.54, 1.807) is 22.9 Å². The van der Waals surface area contributed by atoms with Gasteiger partial charge in [0.25, 0.3) is 0 Å². The summed E-state index contributed by atoms with van der Waals surface area (Å²) in [6.07, 6.45) is 0.993. The van der Waals surface area contributed by atoms with Crippen LogP contribution in [0.15, 0.2) is 72.6 Å². The van der Waals surface area contributed by atoms with Crippen molar-refractivity contribution in [2.45, 2.75) is 12.1 Å². The molecule has 0 spiro atoms. The molecule has 6 rings (SSSR count). The minimum Gasteiger partial charge on any atom is -0.480 e. The van der Waals surface area contributed by atoms with Crippen molar-refractivity contribution in [2.24, 2.45) is 0 Å². The normalized spacial score (nSPS) is 18.2. The van der Waals surface area contributed by atoms with Gasteiger partial charge in [0.05, 0.1) is 5.70 Å². The zero-order valence-corrected chi connectivity index (χ0v) is 20.3. The fraction of sp³-hybridized carbons (Fsp3) is 0.154. The van der Waals surface area contributed by atoms with Crippen molar-refractivity contribution in [3.8, 4) is 5.75 Å². The fourth-order valence-corrected chi connectivity index (χ4v) is 5.20. The van der Waals surface area contributed by atoms with E-state index in [4.69, 9.17) is 27.9 Å². The highest BCUT2D eigenvalue weighted by Gasteiger charge is 2.41. The van der Waals surface area contributed by atoms with Gasteiger partial charge in [0.2, 0.25) is 5.95 Å². The molecule has 0 saturated heterocycles. The first-order chi connectivity index (χ1) is 16.9. The minimum atomic E-state index is -0.485. The quantitative estimate of drug-likeness (QED) is 0.350. The second-order valence-electron chi connectivity index (χ2n) is 8.68. The van der Waals surface area contributed by atoms with Gasteiger partial charge in [0.15, 0.2) is 0 Å². The molecule has 2 atom stereocenters. The van der Waals surface area contributed by atoms with E-state index in [9.17, 15) is 4.39 Å². The van der Waals surface area contributed by atoms with Gasteiger partial charge in [-0.2, -0.15) is 10.1 Å². The molecule has 9 heteroatoms. The molecule has 0 saturated carbocycles. The van der Waals surface area contributed by atoms with Crippen LogP contribution < -0.4 is 15.0 Å². The van der Waals surface area contributed by atoms with E-state index in [0.29, 0.717) is 27.3 Å². The summed E-state index contributed by atoms with van der Waals surface area (Å²) in [5.41, 5.74) is 4.99. The molecule has 35 heavy (non-hydrogen) atoms. The zero-order valence-electron chi connectivity index (χ0n) is 18.8. The maximum atomic E-state index is 14.4. The number of anilines is 2. The van der Waals surface area contributed by atoms with E-state index < -0.39 is 12.1 Å². The van der Waals surface area contributed by atoms with Crippen LogP contribution in [0, 0.1) is 5.82 Å². The Balaban J connectivity index is 1.61. The lowest BCUT2D eigenvalue weighted by atomic mass is 9.84. The van der Waals surface area contributed by atoms with E-state index in [1.807, 2.05) is 49.3 Å². The molecular weight excluding hydrogens is 488 g/mol. The Kier molecular flexibility index (Phi) is 5.20. The number of ether oxygens (including phenoxy) is 1. The second-order valence-corrected chi connectivity index (χ2v) is 9.52. The number of aromatic nitrogens is 3. The van der Waals surface area contributed by atoms with E-state index in [0.717, 1.165) is 28.1 Å². The van der Waals surface area contributed by atoms with Crippen molar-refractivity contribution in [3.05, 3.63) is 105 Å². The number of nitrogens with zero attached hydrogens (tertiary/aromatic N) is 4. The third kappa shape index (κ3) is 3.63. The average Bonchev–Trinajstić information content (AvgIpc) is 3.31. The summed E-state index contributed by atoms with van der Waals surface area (Å²) in [5, 5.41) is 8.88. The summed E-state index contributed by atoms with van der Waals surface area (Å²) >= 11 is 12.9. The average molecular weight is 508 g/mol. The number of rotatable bonds is 3. The summed E-state index contributed by atoms with van der Waals surface area (Å²) < 4.78 is 22.7. The Morgan fingerprint density at radius 2 is 1.83 bits per heavy atom. The molecule has 6 nitrogen and oxygen atoms in total. The first-order valence-electron chi connectivity index (χ1n) is 11.0. The molecule has 4 aromatic rings. The molecule has 0 amide bonds. The van der Waals surface area contributed by atoms with Crippen molar-refractivity contribution < 1.29 is 9.13 Å². The second kappa shape index (κ2) is 8.29. The van der Waals surface area contributed by atoms with Crippen LogP contribution in [0.4, 0.5) is 16.0 Å². The summed E-state index contributed by atoms with van der Waals surface area (Å²) in [6, 6.07) is 17.6. The molecule has 1 aromatic heterocycles. The van der Waals surface area contributed by atoms with Crippen molar-refractivity contribution in [1.29, 1.82) is 0 Å². The lowest BCUT2D eigenvalue weighted by molar-refractivity contribution is 0.222. The lowest BCUT2D eigenvalue weighted by Gasteiger charge is -2.39. The van der Waals surface area contributed by atoms with E-state index in [2.05, 4.69) is 15.4 Å². The van der Waals surface area contributed by atoms with Gasteiger partial charge in [-0.05, 0) is 53.6 Å². The van der Waals surface area contributed by atoms with Crippen LogP contribution in [0.5, 0.6) is 5.75 Å². The highest BCUT2D eigenvalue weighted by molar-refractivity contribution is 6.35. The van der Waals surface area contributed by atoms with Gasteiger partial charge in [-0.1, -0.05) is 41.4 Å². The molecule has 2 aliphatic heterocycles. The van der Waals surface area contributed by atoms with Crippen LogP contribution in [0.1, 0.15) is 28.8 Å². The van der Waals surface area contributed by atoms with E-state index in [1.165, 1.54) is 18.5 Å². The molecule has 0 bridgehead atoms. The molecule has 2 unspecified atom stereocenters. The molecule has 176 valence electrons. The first-order valence-corrected chi connectivity index (χ1v) is 11.8. The third-order valence-electron chi connectivity index (χ3n) is 6.35. The summed E-state index contributed by atoms with van der Waals surface area (Å²) in [5.74, 6) is 0.745. The van der Waals surface area contributed by atoms with Gasteiger partial charge in [-0.25, -0.2) is 9.07 Å². The van der Waals surface area contributed by atoms with E-state index >= 15 is 0 Å². The van der Waals surface area contributed by atoms with Crippen LogP contribution in [0.2, 0.25) is 10.0 Å². The Morgan fingerprint density at radius 3 is 2.57 bits per heavy atom. The topological polar surface area (TPSA) is 55.2 Å². The van der Waals surface area contributed by atoms with Gasteiger partial charge in [0, 0.05) is 41.0 Å². The molecule has 0 fully saturated rings. The Bertz CT molecular complexity index is 1480. The zero-order chi connectivity index (χ0) is 24.3. The predicted molar refractivity (Wildman–Crippen MR) is 136 cm³/mol. The molecule has 0 radical (unpaired) electrons. The maximum absolute atomic E-state index is 14.4. The number of fused-ring (bicyclic) bond motifs is 3. The smallest absolute Gasteiger partial charge is 0.226 e. The highest BCUT2D eigenvalue weighted by atomic mass is 35.5. The van der Waals surface area contributed by atoms with Gasteiger partial charge in [-0.3, -0.25) is 0 Å². The maximum Gasteiger partial charge on any atom is 0.226 e. The minimum absolute atomic E-state index is 0.358. The van der Waals surface area contributed by atoms with Crippen molar-refractivity contribution in [1.82, 2.24) is 14.8 Å². The van der Waals surface area contributed by atoms with Gasteiger partial charge in [0.1, 0.15) is 30.0 Å². The number of hydrogen-bond donors (Lipinski definition) is 1. The number of nitrogens with one attached hydrogen (secondary N) is 1. The molecule has 3 aromatic carbocycles. The molecule has 3 heterocycles. The van der Waals surface area contributed by atoms with Gasteiger partial charge < -0.3 is 15.0 Å². The largest absolute Gasteiger partial charge is 0.480 e. The van der Waals surface area contributed by atoms with Crippen LogP contribution in [-0.4, -0.2) is 28.9 Å². The molecule has 0 aliphatic carbocycles. The highest BCUT2D eigenvalue weighted by Crippen LogP contribution is 2.51. The SMILES string of the molecule is CN(C)c1ccc(C2Oc3ccc(F)cc3C3=C2C(c2ccc(Cl)cc2Cl)n2ncnc2N3)cc1. The van der Waals surface area contributed by atoms with Crippen molar-refractivity contribution in [2.75, 3.05) is 24.3 Å². The fourth-order valence-electron chi connectivity index (χ4n) is 4.69. The van der Waals surface area contributed by atoms with Crippen LogP contribution >= 0.6 is 23.2 Å². The molecular formula is C26H20Cl2FN5O. The van der Waals surface area contributed by atoms with Crippen molar-refractivity contribution >= 4 is 40.5 Å². The summed E-state index contributed by atoms with van der Waals surface area (Å²) in [7, 11) is 3.99.